The normalized spacial score (nSPS) is 21.2. The first kappa shape index (κ1) is 13.4. The smallest absolute Gasteiger partial charge is 0.341 e. The van der Waals surface area contributed by atoms with Gasteiger partial charge in [-0.25, -0.2) is 4.79 Å². The van der Waals surface area contributed by atoms with Crippen molar-refractivity contribution in [2.45, 2.75) is 18.8 Å². The minimum atomic E-state index is -1.28. The number of ether oxygens (including phenoxy) is 2. The molecule has 1 aliphatic rings. The van der Waals surface area contributed by atoms with Gasteiger partial charge >= 0.3 is 5.97 Å². The van der Waals surface area contributed by atoms with E-state index >= 15 is 0 Å². The Hall–Kier alpha value is -2.57. The summed E-state index contributed by atoms with van der Waals surface area (Å²) in [7, 11) is 0. The fourth-order valence-electron chi connectivity index (χ4n) is 2.50. The molecule has 2 atom stereocenters. The molecule has 1 aliphatic heterocycles. The Kier molecular flexibility index (Phi) is 3.25. The van der Waals surface area contributed by atoms with Gasteiger partial charge in [-0.3, -0.25) is 0 Å². The van der Waals surface area contributed by atoms with Crippen molar-refractivity contribution in [3.05, 3.63) is 71.3 Å². The Balaban J connectivity index is 2.20. The summed E-state index contributed by atoms with van der Waals surface area (Å²) in [6.45, 7) is 1.75. The van der Waals surface area contributed by atoms with E-state index < -0.39 is 17.9 Å². The van der Waals surface area contributed by atoms with E-state index in [1.54, 1.807) is 19.1 Å². The Morgan fingerprint density at radius 1 is 1.14 bits per heavy atom. The number of esters is 1. The molecule has 0 spiro atoms. The maximum atomic E-state index is 12.2. The van der Waals surface area contributed by atoms with Crippen molar-refractivity contribution in [1.82, 2.24) is 0 Å². The van der Waals surface area contributed by atoms with Crippen molar-refractivity contribution in [2.24, 2.45) is 0 Å². The molecule has 2 aromatic carbocycles. The highest BCUT2D eigenvalue weighted by molar-refractivity contribution is 5.95. The summed E-state index contributed by atoms with van der Waals surface area (Å²) in [5.41, 5.74) is 1.93. The summed E-state index contributed by atoms with van der Waals surface area (Å²) in [6.07, 6.45) is 4.93. The zero-order chi connectivity index (χ0) is 14.9. The number of hydrogen-bond donors (Lipinski definition) is 0. The van der Waals surface area contributed by atoms with Crippen molar-refractivity contribution < 1.29 is 14.3 Å². The third-order valence-electron chi connectivity index (χ3n) is 3.47. The first-order valence-corrected chi connectivity index (χ1v) is 6.69. The molecule has 0 fully saturated rings. The second-order valence-corrected chi connectivity index (χ2v) is 4.84. The maximum absolute atomic E-state index is 12.2. The van der Waals surface area contributed by atoms with E-state index in [4.69, 9.17) is 15.9 Å². The second kappa shape index (κ2) is 5.08. The number of fused-ring (bicyclic) bond motifs is 1. The van der Waals surface area contributed by atoms with Gasteiger partial charge in [0.25, 0.3) is 5.79 Å². The van der Waals surface area contributed by atoms with Gasteiger partial charge in [-0.05, 0) is 13.0 Å². The number of carbonyl (C=O) groups excluding carboxylic acids is 1. The van der Waals surface area contributed by atoms with Crippen molar-refractivity contribution in [3.8, 4) is 12.3 Å². The van der Waals surface area contributed by atoms with Crippen molar-refractivity contribution >= 4 is 5.97 Å². The molecule has 0 radical (unpaired) electrons. The lowest BCUT2D eigenvalue weighted by molar-refractivity contribution is -0.186. The summed E-state index contributed by atoms with van der Waals surface area (Å²) in [5, 5.41) is 0. The molecule has 0 aromatic heterocycles. The summed E-state index contributed by atoms with van der Waals surface area (Å²) in [6, 6.07) is 16.6. The zero-order valence-corrected chi connectivity index (χ0v) is 11.6. The Labute approximate surface area is 123 Å². The SMILES string of the molecule is C#C[C@@H](C)O[C@@]1(c2ccccc2)OC(=O)c2ccccc21. The molecule has 1 heterocycles. The van der Waals surface area contributed by atoms with E-state index in [2.05, 4.69) is 5.92 Å². The van der Waals surface area contributed by atoms with Crippen LogP contribution in [0.25, 0.3) is 0 Å². The van der Waals surface area contributed by atoms with Gasteiger partial charge in [-0.15, -0.1) is 6.42 Å². The van der Waals surface area contributed by atoms with Crippen LogP contribution in [-0.4, -0.2) is 12.1 Å². The molecule has 104 valence electrons. The molecule has 3 rings (SSSR count). The van der Waals surface area contributed by atoms with Crippen LogP contribution in [0.2, 0.25) is 0 Å². The molecule has 2 aromatic rings. The minimum Gasteiger partial charge on any atom is -0.420 e. The van der Waals surface area contributed by atoms with Crippen LogP contribution >= 0.6 is 0 Å². The second-order valence-electron chi connectivity index (χ2n) is 4.84. The average Bonchev–Trinajstić information content (AvgIpc) is 2.82. The fourth-order valence-corrected chi connectivity index (χ4v) is 2.50. The summed E-state index contributed by atoms with van der Waals surface area (Å²) in [5.74, 6) is 0.837. The number of rotatable bonds is 3. The Bertz CT molecular complexity index is 715. The number of terminal acetylenes is 1. The summed E-state index contributed by atoms with van der Waals surface area (Å²) < 4.78 is 11.6. The van der Waals surface area contributed by atoms with E-state index in [1.807, 2.05) is 42.5 Å². The van der Waals surface area contributed by atoms with Gasteiger partial charge in [0.2, 0.25) is 0 Å². The van der Waals surface area contributed by atoms with Crippen molar-refractivity contribution in [3.63, 3.8) is 0 Å². The number of carbonyl (C=O) groups is 1. The molecule has 0 amide bonds. The highest BCUT2D eigenvalue weighted by Crippen LogP contribution is 2.43. The molecular weight excluding hydrogens is 264 g/mol. The Morgan fingerprint density at radius 3 is 2.52 bits per heavy atom. The van der Waals surface area contributed by atoms with Crippen molar-refractivity contribution in [2.75, 3.05) is 0 Å². The van der Waals surface area contributed by atoms with Crippen LogP contribution in [-0.2, 0) is 15.3 Å². The summed E-state index contributed by atoms with van der Waals surface area (Å²) in [4.78, 5) is 12.2. The van der Waals surface area contributed by atoms with Gasteiger partial charge in [0.1, 0.15) is 6.10 Å². The lowest BCUT2D eigenvalue weighted by Crippen LogP contribution is -2.34. The molecular formula is C18H14O3. The zero-order valence-electron chi connectivity index (χ0n) is 11.6. The van der Waals surface area contributed by atoms with E-state index in [0.717, 1.165) is 5.56 Å². The van der Waals surface area contributed by atoms with E-state index in [1.165, 1.54) is 0 Å². The van der Waals surface area contributed by atoms with Gasteiger partial charge in [0, 0.05) is 11.1 Å². The number of cyclic esters (lactones) is 1. The lowest BCUT2D eigenvalue weighted by Gasteiger charge is -2.30. The molecule has 21 heavy (non-hydrogen) atoms. The van der Waals surface area contributed by atoms with Gasteiger partial charge < -0.3 is 9.47 Å². The standard InChI is InChI=1S/C18H14O3/c1-3-13(2)20-18(14-9-5-4-6-10-14)16-12-8-7-11-15(16)17(19)21-18/h1,4-13H,2H3/t13-,18+/m1/s1. The third-order valence-corrected chi connectivity index (χ3v) is 3.47. The van der Waals surface area contributed by atoms with Crippen LogP contribution in [0.4, 0.5) is 0 Å². The van der Waals surface area contributed by atoms with Gasteiger partial charge in [-0.1, -0.05) is 54.5 Å². The Morgan fingerprint density at radius 2 is 1.81 bits per heavy atom. The topological polar surface area (TPSA) is 35.5 Å². The first-order chi connectivity index (χ1) is 10.2. The van der Waals surface area contributed by atoms with Crippen LogP contribution in [0.15, 0.2) is 54.6 Å². The quantitative estimate of drug-likeness (QED) is 0.639. The van der Waals surface area contributed by atoms with Crippen LogP contribution in [0.3, 0.4) is 0 Å². The average molecular weight is 278 g/mol. The first-order valence-electron chi connectivity index (χ1n) is 6.69. The minimum absolute atomic E-state index is 0.404. The highest BCUT2D eigenvalue weighted by Gasteiger charge is 2.49. The number of hydrogen-bond acceptors (Lipinski definition) is 3. The van der Waals surface area contributed by atoms with Crippen LogP contribution < -0.4 is 0 Å². The lowest BCUT2D eigenvalue weighted by atomic mass is 9.95. The summed E-state index contributed by atoms with van der Waals surface area (Å²) >= 11 is 0. The molecule has 3 heteroatoms. The largest absolute Gasteiger partial charge is 0.420 e. The van der Waals surface area contributed by atoms with Crippen LogP contribution in [0.1, 0.15) is 28.4 Å². The van der Waals surface area contributed by atoms with Crippen molar-refractivity contribution in [1.29, 1.82) is 0 Å². The van der Waals surface area contributed by atoms with Gasteiger partial charge in [-0.2, -0.15) is 0 Å². The molecule has 0 unspecified atom stereocenters. The number of benzene rings is 2. The molecule has 0 saturated carbocycles. The molecule has 0 N–H and O–H groups in total. The predicted molar refractivity (Wildman–Crippen MR) is 78.5 cm³/mol. The molecule has 0 aliphatic carbocycles. The third kappa shape index (κ3) is 2.10. The molecule has 0 saturated heterocycles. The highest BCUT2D eigenvalue weighted by atomic mass is 16.7. The monoisotopic (exact) mass is 278 g/mol. The van der Waals surface area contributed by atoms with Gasteiger partial charge in [0.15, 0.2) is 0 Å². The van der Waals surface area contributed by atoms with E-state index in [-0.39, 0.29) is 0 Å². The van der Waals surface area contributed by atoms with E-state index in [0.29, 0.717) is 11.1 Å². The molecule has 0 bridgehead atoms. The van der Waals surface area contributed by atoms with Gasteiger partial charge in [0.05, 0.1) is 5.56 Å². The van der Waals surface area contributed by atoms with Crippen LogP contribution in [0.5, 0.6) is 0 Å². The predicted octanol–water partition coefficient (Wildman–Crippen LogP) is 3.10. The maximum Gasteiger partial charge on any atom is 0.341 e. The fraction of sp³-hybridized carbons (Fsp3) is 0.167. The van der Waals surface area contributed by atoms with E-state index in [9.17, 15) is 4.79 Å². The molecule has 3 nitrogen and oxygen atoms in total. The van der Waals surface area contributed by atoms with Crippen LogP contribution in [0, 0.1) is 12.3 Å².